The fourth-order valence-electron chi connectivity index (χ4n) is 16.5. The predicted molar refractivity (Wildman–Crippen MR) is 411 cm³/mol. The van der Waals surface area contributed by atoms with E-state index in [0.717, 1.165) is 50.8 Å². The number of rotatable bonds is 9. The third-order valence-corrected chi connectivity index (χ3v) is 20.7. The molecule has 450 valence electrons. The molecule has 0 N–H and O–H groups in total. The van der Waals surface area contributed by atoms with Crippen LogP contribution in [-0.4, -0.2) is 18.0 Å². The predicted octanol–water partition coefficient (Wildman–Crippen LogP) is 19.6. The second-order valence-corrected chi connectivity index (χ2v) is 25.9. The number of hydrogen-bond acceptors (Lipinski definition) is 4. The molecule has 0 radical (unpaired) electrons. The molecule has 4 aliphatic rings. The average Bonchev–Trinajstić information content (AvgIpc) is 1.68. The standard InChI is InChI=1S/C90H59B2N5/c1-8-26-60(27-9-1)64-34-22-42-71(52-64)96-81-46-24-44-79-89(81)91(75-50-48-66(54-85(75)96)62-30-12-3-13-31-62)77-56-73-74-57-78-88(59-84(74)95(70-40-20-7-21-41-70)83(73)58-87(77)93(79)68-36-16-5-17-37-68)94(69-38-18-6-19-39-69)80-45-25-47-82-90(80)92(78)76-51-49-67(63-32-14-4-15-33-63)55-86(76)97(82)72-43-23-35-65(53-72)61-28-10-2-11-29-61/h1-59H. The van der Waals surface area contributed by atoms with Crippen molar-refractivity contribution in [2.45, 2.75) is 0 Å². The van der Waals surface area contributed by atoms with Gasteiger partial charge in [0.1, 0.15) is 0 Å². The number of fused-ring (bicyclic) bond motifs is 11. The summed E-state index contributed by atoms with van der Waals surface area (Å²) in [6, 6.07) is 133. The molecule has 0 spiro atoms. The van der Waals surface area contributed by atoms with Gasteiger partial charge in [-0.25, -0.2) is 0 Å². The van der Waals surface area contributed by atoms with Crippen molar-refractivity contribution in [2.24, 2.45) is 0 Å². The van der Waals surface area contributed by atoms with E-state index in [2.05, 4.69) is 382 Å². The molecule has 0 unspecified atom stereocenters. The maximum Gasteiger partial charge on any atom is 0.252 e. The molecule has 0 aliphatic carbocycles. The van der Waals surface area contributed by atoms with Crippen LogP contribution in [0, 0.1) is 0 Å². The van der Waals surface area contributed by atoms with Gasteiger partial charge in [-0.3, -0.25) is 0 Å². The monoisotopic (exact) mass is 1230 g/mol. The molecule has 0 amide bonds. The summed E-state index contributed by atoms with van der Waals surface area (Å²) in [6.45, 7) is -0.268. The Kier molecular flexibility index (Phi) is 12.5. The molecule has 15 aromatic carbocycles. The first-order valence-electron chi connectivity index (χ1n) is 33.6. The first kappa shape index (κ1) is 54.9. The maximum atomic E-state index is 2.60. The van der Waals surface area contributed by atoms with Crippen molar-refractivity contribution >= 4 is 136 Å². The van der Waals surface area contributed by atoms with Crippen molar-refractivity contribution in [3.8, 4) is 50.2 Å². The summed E-state index contributed by atoms with van der Waals surface area (Å²) in [5.41, 5.74) is 34.2. The van der Waals surface area contributed by atoms with Crippen molar-refractivity contribution in [3.05, 3.63) is 358 Å². The van der Waals surface area contributed by atoms with E-state index in [9.17, 15) is 0 Å². The van der Waals surface area contributed by atoms with Crippen LogP contribution in [0.1, 0.15) is 0 Å². The lowest BCUT2D eigenvalue weighted by Crippen LogP contribution is -2.61. The highest BCUT2D eigenvalue weighted by Crippen LogP contribution is 2.50. The summed E-state index contributed by atoms with van der Waals surface area (Å²) in [5.74, 6) is 0. The minimum atomic E-state index is -0.134. The lowest BCUT2D eigenvalue weighted by molar-refractivity contribution is 1.17. The van der Waals surface area contributed by atoms with Crippen LogP contribution in [0.4, 0.5) is 68.2 Å². The second kappa shape index (κ2) is 22.0. The molecule has 0 fully saturated rings. The Balaban J connectivity index is 0.869. The first-order chi connectivity index (χ1) is 48.1. The third kappa shape index (κ3) is 8.61. The molecule has 97 heavy (non-hydrogen) atoms. The van der Waals surface area contributed by atoms with Crippen LogP contribution < -0.4 is 52.4 Å². The highest BCUT2D eigenvalue weighted by molar-refractivity contribution is 7.01. The van der Waals surface area contributed by atoms with Crippen molar-refractivity contribution < 1.29 is 0 Å². The molecule has 5 heterocycles. The van der Waals surface area contributed by atoms with Crippen LogP contribution in [0.25, 0.3) is 72.0 Å². The Morgan fingerprint density at radius 2 is 0.454 bits per heavy atom. The second-order valence-electron chi connectivity index (χ2n) is 25.9. The lowest BCUT2D eigenvalue weighted by Gasteiger charge is -2.44. The molecular weight excluding hydrogens is 1170 g/mol. The Morgan fingerprint density at radius 1 is 0.175 bits per heavy atom. The molecule has 0 saturated carbocycles. The van der Waals surface area contributed by atoms with Gasteiger partial charge in [-0.05, 0) is 186 Å². The largest absolute Gasteiger partial charge is 0.311 e. The summed E-state index contributed by atoms with van der Waals surface area (Å²) in [7, 11) is 0. The number of nitrogens with zero attached hydrogens (tertiary/aromatic N) is 5. The third-order valence-electron chi connectivity index (χ3n) is 20.7. The van der Waals surface area contributed by atoms with Gasteiger partial charge < -0.3 is 24.2 Å². The Bertz CT molecular complexity index is 5450. The lowest BCUT2D eigenvalue weighted by atomic mass is 9.33. The van der Waals surface area contributed by atoms with Gasteiger partial charge in [0.15, 0.2) is 0 Å². The van der Waals surface area contributed by atoms with E-state index < -0.39 is 0 Å². The first-order valence-corrected chi connectivity index (χ1v) is 33.6. The molecule has 4 aliphatic heterocycles. The molecule has 20 rings (SSSR count). The molecule has 0 saturated heterocycles. The van der Waals surface area contributed by atoms with Crippen LogP contribution in [0.3, 0.4) is 0 Å². The van der Waals surface area contributed by atoms with E-state index in [-0.39, 0.29) is 13.4 Å². The van der Waals surface area contributed by atoms with Gasteiger partial charge in [0, 0.05) is 84.7 Å². The number of hydrogen-bond donors (Lipinski definition) is 0. The SMILES string of the molecule is c1ccc(-c2cccc(N3c4cc(-c5ccccc5)ccc4B4c5cc6c7cc8c(cc7n(-c7ccccc7)c6cc5N(c5ccccc5)c5cccc3c54)N(c3ccccc3)c3cccc4c3B8c3ccc(-c5ccccc5)cc3N4c3cccc(-c4ccccc4)c3)c2)cc1. The van der Waals surface area contributed by atoms with E-state index in [0.29, 0.717) is 0 Å². The normalized spacial score (nSPS) is 13.0. The smallest absolute Gasteiger partial charge is 0.252 e. The number of anilines is 12. The van der Waals surface area contributed by atoms with Gasteiger partial charge in [-0.15, -0.1) is 0 Å². The highest BCUT2D eigenvalue weighted by Gasteiger charge is 2.46. The summed E-state index contributed by atoms with van der Waals surface area (Å²) >= 11 is 0. The quantitative estimate of drug-likeness (QED) is 0.134. The molecule has 0 atom stereocenters. The molecule has 0 bridgehead atoms. The Morgan fingerprint density at radius 3 is 0.814 bits per heavy atom. The number of para-hydroxylation sites is 3. The van der Waals surface area contributed by atoms with Crippen molar-refractivity contribution in [1.82, 2.24) is 4.57 Å². The highest BCUT2D eigenvalue weighted by atomic mass is 15.2. The summed E-state index contributed by atoms with van der Waals surface area (Å²) in [5, 5.41) is 2.41. The topological polar surface area (TPSA) is 17.9 Å². The number of aromatic nitrogens is 1. The maximum absolute atomic E-state index is 2.60. The minimum absolute atomic E-state index is 0.134. The molecule has 5 nitrogen and oxygen atoms in total. The fraction of sp³-hybridized carbons (Fsp3) is 0. The summed E-state index contributed by atoms with van der Waals surface area (Å²) in [6.07, 6.45) is 0. The van der Waals surface area contributed by atoms with Crippen molar-refractivity contribution in [1.29, 1.82) is 0 Å². The van der Waals surface area contributed by atoms with E-state index in [1.54, 1.807) is 0 Å². The van der Waals surface area contributed by atoms with Crippen LogP contribution in [0.15, 0.2) is 358 Å². The average molecular weight is 1230 g/mol. The van der Waals surface area contributed by atoms with Gasteiger partial charge >= 0.3 is 0 Å². The van der Waals surface area contributed by atoms with Crippen LogP contribution in [0.2, 0.25) is 0 Å². The van der Waals surface area contributed by atoms with Crippen molar-refractivity contribution in [2.75, 3.05) is 19.6 Å². The van der Waals surface area contributed by atoms with E-state index in [4.69, 9.17) is 0 Å². The van der Waals surface area contributed by atoms with E-state index >= 15 is 0 Å². The molecule has 1 aromatic heterocycles. The van der Waals surface area contributed by atoms with Gasteiger partial charge in [0.25, 0.3) is 13.4 Å². The summed E-state index contributed by atoms with van der Waals surface area (Å²) < 4.78 is 2.54. The summed E-state index contributed by atoms with van der Waals surface area (Å²) in [4.78, 5) is 10.2. The van der Waals surface area contributed by atoms with Crippen LogP contribution in [-0.2, 0) is 0 Å². The molecular formula is C90H59B2N5. The van der Waals surface area contributed by atoms with Gasteiger partial charge in [-0.1, -0.05) is 249 Å². The van der Waals surface area contributed by atoms with E-state index in [1.807, 2.05) is 0 Å². The Labute approximate surface area is 565 Å². The number of benzene rings is 15. The zero-order valence-corrected chi connectivity index (χ0v) is 53.0. The van der Waals surface area contributed by atoms with E-state index in [1.165, 1.54) is 122 Å². The molecule has 16 aromatic rings. The van der Waals surface area contributed by atoms with Crippen LogP contribution >= 0.6 is 0 Å². The van der Waals surface area contributed by atoms with Gasteiger partial charge in [0.2, 0.25) is 0 Å². The fourth-order valence-corrected chi connectivity index (χ4v) is 16.5. The zero-order chi connectivity index (χ0) is 63.7. The van der Waals surface area contributed by atoms with Gasteiger partial charge in [-0.2, -0.15) is 0 Å². The Hall–Kier alpha value is -12.6. The van der Waals surface area contributed by atoms with Gasteiger partial charge in [0.05, 0.1) is 11.0 Å². The van der Waals surface area contributed by atoms with Crippen molar-refractivity contribution in [3.63, 3.8) is 0 Å². The molecule has 7 heteroatoms. The minimum Gasteiger partial charge on any atom is -0.311 e. The zero-order valence-electron chi connectivity index (χ0n) is 53.0. The van der Waals surface area contributed by atoms with Crippen LogP contribution in [0.5, 0.6) is 0 Å².